The normalized spacial score (nSPS) is 10.4. The number of thioether (sulfide) groups is 1. The highest BCUT2D eigenvalue weighted by atomic mass is 35.5. The zero-order valence-electron chi connectivity index (χ0n) is 11.3. The van der Waals surface area contributed by atoms with Crippen molar-refractivity contribution in [2.45, 2.75) is 11.8 Å². The number of rotatable bonds is 4. The Morgan fingerprint density at radius 2 is 2.10 bits per heavy atom. The van der Waals surface area contributed by atoms with Crippen molar-refractivity contribution in [2.75, 3.05) is 16.8 Å². The van der Waals surface area contributed by atoms with Gasteiger partial charge in [-0.25, -0.2) is 4.39 Å². The van der Waals surface area contributed by atoms with E-state index in [0.29, 0.717) is 15.6 Å². The molecule has 3 N–H and O–H groups in total. The van der Waals surface area contributed by atoms with Gasteiger partial charge < -0.3 is 11.1 Å². The standard InChI is InChI=1S/C15H14ClFN2OS/c1-9-2-3-10(16)6-14(9)19-15(20)8-21-11-4-5-13(18)12(17)7-11/h2-7H,8,18H2,1H3,(H,19,20). The number of benzene rings is 2. The average molecular weight is 325 g/mol. The van der Waals surface area contributed by atoms with Gasteiger partial charge in [0.05, 0.1) is 11.4 Å². The van der Waals surface area contributed by atoms with Gasteiger partial charge in [0.1, 0.15) is 5.82 Å². The molecule has 110 valence electrons. The highest BCUT2D eigenvalue weighted by molar-refractivity contribution is 8.00. The molecule has 0 aliphatic heterocycles. The lowest BCUT2D eigenvalue weighted by molar-refractivity contribution is -0.113. The summed E-state index contributed by atoms with van der Waals surface area (Å²) >= 11 is 7.14. The van der Waals surface area contributed by atoms with E-state index < -0.39 is 5.82 Å². The first-order valence-corrected chi connectivity index (χ1v) is 7.56. The van der Waals surface area contributed by atoms with Crippen LogP contribution in [0.15, 0.2) is 41.3 Å². The van der Waals surface area contributed by atoms with Gasteiger partial charge in [-0.15, -0.1) is 11.8 Å². The molecule has 0 atom stereocenters. The molecule has 6 heteroatoms. The maximum absolute atomic E-state index is 13.3. The summed E-state index contributed by atoms with van der Waals surface area (Å²) in [4.78, 5) is 12.6. The zero-order chi connectivity index (χ0) is 15.4. The monoisotopic (exact) mass is 324 g/mol. The van der Waals surface area contributed by atoms with Gasteiger partial charge in [-0.05, 0) is 42.8 Å². The minimum absolute atomic E-state index is 0.0957. The molecule has 0 aromatic heterocycles. The number of nitrogens with one attached hydrogen (secondary N) is 1. The van der Waals surface area contributed by atoms with Gasteiger partial charge in [-0.1, -0.05) is 17.7 Å². The lowest BCUT2D eigenvalue weighted by Crippen LogP contribution is -2.14. The fourth-order valence-corrected chi connectivity index (χ4v) is 2.55. The third-order valence-electron chi connectivity index (χ3n) is 2.82. The average Bonchev–Trinajstić information content (AvgIpc) is 2.44. The number of aryl methyl sites for hydroxylation is 1. The minimum Gasteiger partial charge on any atom is -0.396 e. The Hall–Kier alpha value is -1.72. The maximum Gasteiger partial charge on any atom is 0.234 e. The Morgan fingerprint density at radius 3 is 2.81 bits per heavy atom. The molecule has 0 heterocycles. The third-order valence-corrected chi connectivity index (χ3v) is 4.04. The van der Waals surface area contributed by atoms with Crippen molar-refractivity contribution in [3.63, 3.8) is 0 Å². The van der Waals surface area contributed by atoms with Crippen LogP contribution in [0.25, 0.3) is 0 Å². The molecule has 2 aromatic carbocycles. The van der Waals surface area contributed by atoms with E-state index in [4.69, 9.17) is 17.3 Å². The maximum atomic E-state index is 13.3. The molecule has 21 heavy (non-hydrogen) atoms. The second kappa shape index (κ2) is 6.83. The molecule has 0 fully saturated rings. The summed E-state index contributed by atoms with van der Waals surface area (Å²) < 4.78 is 13.3. The van der Waals surface area contributed by atoms with E-state index in [2.05, 4.69) is 5.32 Å². The molecule has 2 rings (SSSR count). The van der Waals surface area contributed by atoms with Crippen molar-refractivity contribution < 1.29 is 9.18 Å². The summed E-state index contributed by atoms with van der Waals surface area (Å²) in [6, 6.07) is 9.77. The first kappa shape index (κ1) is 15.7. The molecule has 0 unspecified atom stereocenters. The van der Waals surface area contributed by atoms with Crippen LogP contribution in [0.1, 0.15) is 5.56 Å². The first-order chi connectivity index (χ1) is 9.95. The molecule has 1 amide bonds. The highest BCUT2D eigenvalue weighted by Gasteiger charge is 2.07. The number of halogens is 2. The van der Waals surface area contributed by atoms with Gasteiger partial charge in [-0.3, -0.25) is 4.79 Å². The van der Waals surface area contributed by atoms with Crippen LogP contribution in [0.4, 0.5) is 15.8 Å². The third kappa shape index (κ3) is 4.37. The SMILES string of the molecule is Cc1ccc(Cl)cc1NC(=O)CSc1ccc(N)c(F)c1. The van der Waals surface area contributed by atoms with Crippen LogP contribution in [0.3, 0.4) is 0 Å². The molecule has 0 saturated heterocycles. The number of nitrogen functional groups attached to an aromatic ring is 1. The molecule has 0 spiro atoms. The van der Waals surface area contributed by atoms with Crippen LogP contribution in [0.2, 0.25) is 5.02 Å². The van der Waals surface area contributed by atoms with E-state index >= 15 is 0 Å². The summed E-state index contributed by atoms with van der Waals surface area (Å²) in [5, 5.41) is 3.34. The number of nitrogens with two attached hydrogens (primary N) is 1. The number of hydrogen-bond donors (Lipinski definition) is 2. The molecule has 0 aliphatic rings. The number of amides is 1. The Morgan fingerprint density at radius 1 is 1.33 bits per heavy atom. The first-order valence-electron chi connectivity index (χ1n) is 6.19. The van der Waals surface area contributed by atoms with E-state index in [0.717, 1.165) is 5.56 Å². The van der Waals surface area contributed by atoms with Crippen molar-refractivity contribution in [2.24, 2.45) is 0 Å². The lowest BCUT2D eigenvalue weighted by atomic mass is 10.2. The van der Waals surface area contributed by atoms with Gasteiger partial charge in [-0.2, -0.15) is 0 Å². The van der Waals surface area contributed by atoms with E-state index in [9.17, 15) is 9.18 Å². The Bertz CT molecular complexity index is 679. The highest BCUT2D eigenvalue weighted by Crippen LogP contribution is 2.23. The zero-order valence-corrected chi connectivity index (χ0v) is 12.9. The van der Waals surface area contributed by atoms with Crippen molar-refractivity contribution in [1.82, 2.24) is 0 Å². The molecule has 0 saturated carbocycles. The number of anilines is 2. The summed E-state index contributed by atoms with van der Waals surface area (Å²) in [5.74, 6) is -0.483. The summed E-state index contributed by atoms with van der Waals surface area (Å²) in [6.07, 6.45) is 0. The Balaban J connectivity index is 1.95. The van der Waals surface area contributed by atoms with Gasteiger partial charge in [0, 0.05) is 15.6 Å². The summed E-state index contributed by atoms with van der Waals surface area (Å²) in [7, 11) is 0. The van der Waals surface area contributed by atoms with Gasteiger partial charge >= 0.3 is 0 Å². The molecule has 3 nitrogen and oxygen atoms in total. The van der Waals surface area contributed by atoms with E-state index in [1.54, 1.807) is 18.2 Å². The number of carbonyl (C=O) groups is 1. The molecule has 0 aliphatic carbocycles. The van der Waals surface area contributed by atoms with Crippen LogP contribution in [0.5, 0.6) is 0 Å². The van der Waals surface area contributed by atoms with Crippen molar-refractivity contribution in [3.05, 3.63) is 52.8 Å². The van der Waals surface area contributed by atoms with Crippen LogP contribution in [-0.4, -0.2) is 11.7 Å². The fraction of sp³-hybridized carbons (Fsp3) is 0.133. The molecular formula is C15H14ClFN2OS. The van der Waals surface area contributed by atoms with Crippen molar-refractivity contribution in [3.8, 4) is 0 Å². The molecule has 0 bridgehead atoms. The molecule has 0 radical (unpaired) electrons. The van der Waals surface area contributed by atoms with Crippen LogP contribution >= 0.6 is 23.4 Å². The second-order valence-electron chi connectivity index (χ2n) is 4.48. The van der Waals surface area contributed by atoms with Gasteiger partial charge in [0.2, 0.25) is 5.91 Å². The Kier molecular flexibility index (Phi) is 5.09. The fourth-order valence-electron chi connectivity index (χ4n) is 1.66. The van der Waals surface area contributed by atoms with Crippen LogP contribution in [-0.2, 0) is 4.79 Å². The smallest absolute Gasteiger partial charge is 0.234 e. The minimum atomic E-state index is -0.480. The quantitative estimate of drug-likeness (QED) is 0.657. The topological polar surface area (TPSA) is 55.1 Å². The van der Waals surface area contributed by atoms with Crippen LogP contribution in [0, 0.1) is 12.7 Å². The van der Waals surface area contributed by atoms with Crippen molar-refractivity contribution >= 4 is 40.6 Å². The van der Waals surface area contributed by atoms with Gasteiger partial charge in [0.15, 0.2) is 0 Å². The van der Waals surface area contributed by atoms with Crippen molar-refractivity contribution in [1.29, 1.82) is 0 Å². The van der Waals surface area contributed by atoms with E-state index in [1.807, 2.05) is 13.0 Å². The summed E-state index contributed by atoms with van der Waals surface area (Å²) in [6.45, 7) is 1.88. The van der Waals surface area contributed by atoms with Gasteiger partial charge in [0.25, 0.3) is 0 Å². The Labute approximate surface area is 131 Å². The molecular weight excluding hydrogens is 311 g/mol. The number of carbonyl (C=O) groups excluding carboxylic acids is 1. The largest absolute Gasteiger partial charge is 0.396 e. The molecule has 2 aromatic rings. The lowest BCUT2D eigenvalue weighted by Gasteiger charge is -2.09. The number of hydrogen-bond acceptors (Lipinski definition) is 3. The van der Waals surface area contributed by atoms with Crippen LogP contribution < -0.4 is 11.1 Å². The predicted molar refractivity (Wildman–Crippen MR) is 86.4 cm³/mol. The second-order valence-corrected chi connectivity index (χ2v) is 5.96. The van der Waals surface area contributed by atoms with E-state index in [-0.39, 0.29) is 17.3 Å². The van der Waals surface area contributed by atoms with E-state index in [1.165, 1.54) is 23.9 Å². The summed E-state index contributed by atoms with van der Waals surface area (Å²) in [5.41, 5.74) is 7.10. The predicted octanol–water partition coefficient (Wildman–Crippen LogP) is 4.10.